The molecule has 0 aliphatic carbocycles. The van der Waals surface area contributed by atoms with Crippen molar-refractivity contribution in [2.75, 3.05) is 42.6 Å². The first-order valence-corrected chi connectivity index (χ1v) is 11.0. The number of nitrogen functional groups attached to an aromatic ring is 1. The largest absolute Gasteiger partial charge is 0.473 e. The molecule has 176 valence electrons. The molecular formula is C22H29FN8O2. The molecular weight excluding hydrogens is 427 g/mol. The molecule has 0 bridgehead atoms. The van der Waals surface area contributed by atoms with E-state index in [0.29, 0.717) is 52.8 Å². The van der Waals surface area contributed by atoms with E-state index in [-0.39, 0.29) is 6.10 Å². The lowest BCUT2D eigenvalue weighted by Gasteiger charge is -2.26. The van der Waals surface area contributed by atoms with Crippen LogP contribution in [0.15, 0.2) is 18.5 Å². The van der Waals surface area contributed by atoms with Crippen LogP contribution in [0, 0.1) is 5.82 Å². The number of ether oxygens (including phenoxy) is 1. The molecule has 2 unspecified atom stereocenters. The van der Waals surface area contributed by atoms with E-state index in [1.165, 1.54) is 16.8 Å². The van der Waals surface area contributed by atoms with Crippen molar-refractivity contribution in [1.82, 2.24) is 24.9 Å². The Balaban J connectivity index is 1.75. The second-order valence-corrected chi connectivity index (χ2v) is 8.24. The number of anilines is 3. The molecule has 2 atom stereocenters. The van der Waals surface area contributed by atoms with Gasteiger partial charge in [-0.05, 0) is 39.8 Å². The van der Waals surface area contributed by atoms with Gasteiger partial charge in [-0.15, -0.1) is 0 Å². The third-order valence-corrected chi connectivity index (χ3v) is 5.70. The number of nitrogens with two attached hydrogens (primary N) is 1. The maximum Gasteiger partial charge on any atom is 0.219 e. The standard InChI is InChI=1S/C22H29FN8O2/c1-13(9-25-3)33-22-17(8-16(23)11-26-22)14(2)28-20-18(30-6-4-5-7-30)19(24)31-21(29-20)15(12-32)10-27-31/h8,10-14,25H,4-7,9,24H2,1-3H3,(H,28,29). The van der Waals surface area contributed by atoms with E-state index in [9.17, 15) is 9.18 Å². The molecule has 33 heavy (non-hydrogen) atoms. The molecule has 4 N–H and O–H groups in total. The molecule has 0 radical (unpaired) electrons. The lowest BCUT2D eigenvalue weighted by Crippen LogP contribution is -2.27. The number of halogens is 1. The maximum absolute atomic E-state index is 14.1. The maximum atomic E-state index is 14.1. The molecule has 1 saturated heterocycles. The van der Waals surface area contributed by atoms with E-state index in [1.807, 2.05) is 20.9 Å². The van der Waals surface area contributed by atoms with Gasteiger partial charge < -0.3 is 26.0 Å². The van der Waals surface area contributed by atoms with Crippen LogP contribution in [0.1, 0.15) is 48.7 Å². The Morgan fingerprint density at radius 2 is 2.06 bits per heavy atom. The normalized spacial score (nSPS) is 15.6. The Bertz CT molecular complexity index is 1150. The topological polar surface area (TPSA) is 123 Å². The fourth-order valence-electron chi connectivity index (χ4n) is 4.11. The summed E-state index contributed by atoms with van der Waals surface area (Å²) in [5.41, 5.74) is 8.45. The zero-order valence-electron chi connectivity index (χ0n) is 19.0. The van der Waals surface area contributed by atoms with Crippen LogP contribution in [-0.2, 0) is 0 Å². The number of rotatable bonds is 9. The van der Waals surface area contributed by atoms with Crippen LogP contribution in [0.25, 0.3) is 5.65 Å². The second kappa shape index (κ2) is 9.57. The number of fused-ring (bicyclic) bond motifs is 1. The van der Waals surface area contributed by atoms with Crippen LogP contribution in [0.5, 0.6) is 5.88 Å². The summed E-state index contributed by atoms with van der Waals surface area (Å²) in [6.07, 6.45) is 5.20. The molecule has 3 aromatic rings. The van der Waals surface area contributed by atoms with Gasteiger partial charge in [0.1, 0.15) is 17.6 Å². The van der Waals surface area contributed by atoms with Crippen molar-refractivity contribution in [3.63, 3.8) is 0 Å². The lowest BCUT2D eigenvalue weighted by atomic mass is 10.1. The van der Waals surface area contributed by atoms with E-state index in [0.717, 1.165) is 32.1 Å². The number of hydrogen-bond donors (Lipinski definition) is 3. The Hall–Kier alpha value is -3.47. The van der Waals surface area contributed by atoms with E-state index < -0.39 is 11.9 Å². The molecule has 1 fully saturated rings. The van der Waals surface area contributed by atoms with Gasteiger partial charge in [-0.25, -0.2) is 14.4 Å². The van der Waals surface area contributed by atoms with Gasteiger partial charge in [-0.2, -0.15) is 9.61 Å². The van der Waals surface area contributed by atoms with Crippen LogP contribution in [0.4, 0.5) is 21.7 Å². The Kier molecular flexibility index (Phi) is 6.59. The summed E-state index contributed by atoms with van der Waals surface area (Å²) in [5.74, 6) is 0.764. The van der Waals surface area contributed by atoms with Crippen molar-refractivity contribution >= 4 is 29.3 Å². The van der Waals surface area contributed by atoms with Crippen LogP contribution in [-0.4, -0.2) is 58.7 Å². The molecule has 4 heterocycles. The molecule has 4 rings (SSSR count). The van der Waals surface area contributed by atoms with Gasteiger partial charge in [0.05, 0.1) is 24.0 Å². The molecule has 1 aliphatic rings. The smallest absolute Gasteiger partial charge is 0.219 e. The van der Waals surface area contributed by atoms with Gasteiger partial charge in [0.15, 0.2) is 23.6 Å². The van der Waals surface area contributed by atoms with Crippen LogP contribution >= 0.6 is 0 Å². The predicted molar refractivity (Wildman–Crippen MR) is 124 cm³/mol. The van der Waals surface area contributed by atoms with Crippen LogP contribution in [0.2, 0.25) is 0 Å². The average molecular weight is 457 g/mol. The van der Waals surface area contributed by atoms with Gasteiger partial charge >= 0.3 is 0 Å². The van der Waals surface area contributed by atoms with Crippen molar-refractivity contribution < 1.29 is 13.9 Å². The number of hydrogen-bond acceptors (Lipinski definition) is 9. The predicted octanol–water partition coefficient (Wildman–Crippen LogP) is 2.42. The third kappa shape index (κ3) is 4.54. The first-order chi connectivity index (χ1) is 15.9. The van der Waals surface area contributed by atoms with Crippen molar-refractivity contribution in [1.29, 1.82) is 0 Å². The average Bonchev–Trinajstić information content (AvgIpc) is 3.45. The van der Waals surface area contributed by atoms with Crippen LogP contribution in [0.3, 0.4) is 0 Å². The minimum atomic E-state index is -0.464. The Morgan fingerprint density at radius 1 is 1.30 bits per heavy atom. The summed E-state index contributed by atoms with van der Waals surface area (Å²) in [6.45, 7) is 6.06. The van der Waals surface area contributed by atoms with Gasteiger partial charge in [0, 0.05) is 25.2 Å². The second-order valence-electron chi connectivity index (χ2n) is 8.24. The highest BCUT2D eigenvalue weighted by Crippen LogP contribution is 2.37. The molecule has 0 spiro atoms. The molecule has 1 aliphatic heterocycles. The molecule has 10 nitrogen and oxygen atoms in total. The number of likely N-dealkylation sites (N-methyl/N-ethyl adjacent to an activating group) is 1. The Labute approximate surface area is 191 Å². The monoisotopic (exact) mass is 456 g/mol. The van der Waals surface area contributed by atoms with Crippen molar-refractivity contribution in [3.8, 4) is 5.88 Å². The van der Waals surface area contributed by atoms with E-state index in [4.69, 9.17) is 15.5 Å². The summed E-state index contributed by atoms with van der Waals surface area (Å²) >= 11 is 0. The first-order valence-electron chi connectivity index (χ1n) is 11.0. The fraction of sp³-hybridized carbons (Fsp3) is 0.455. The minimum Gasteiger partial charge on any atom is -0.473 e. The minimum absolute atomic E-state index is 0.161. The summed E-state index contributed by atoms with van der Waals surface area (Å²) in [6, 6.07) is 0.988. The number of nitrogens with one attached hydrogen (secondary N) is 2. The third-order valence-electron chi connectivity index (χ3n) is 5.70. The van der Waals surface area contributed by atoms with Crippen LogP contribution < -0.4 is 26.0 Å². The van der Waals surface area contributed by atoms with Crippen molar-refractivity contribution in [3.05, 3.63) is 35.4 Å². The number of carbonyl (C=O) groups is 1. The number of pyridine rings is 1. The molecule has 3 aromatic heterocycles. The van der Waals surface area contributed by atoms with Gasteiger partial charge in [-0.3, -0.25) is 4.79 Å². The molecule has 0 amide bonds. The number of carbonyl (C=O) groups excluding carboxylic acids is 1. The summed E-state index contributed by atoms with van der Waals surface area (Å²) in [5, 5.41) is 10.6. The highest BCUT2D eigenvalue weighted by molar-refractivity contribution is 5.88. The number of aromatic nitrogens is 4. The number of nitrogens with zero attached hydrogens (tertiary/aromatic N) is 5. The van der Waals surface area contributed by atoms with E-state index in [2.05, 4.69) is 25.6 Å². The zero-order chi connectivity index (χ0) is 23.5. The highest BCUT2D eigenvalue weighted by Gasteiger charge is 2.26. The molecule has 0 aromatic carbocycles. The quantitative estimate of drug-likeness (QED) is 0.417. The van der Waals surface area contributed by atoms with Gasteiger partial charge in [0.2, 0.25) is 5.88 Å². The number of aldehydes is 1. The van der Waals surface area contributed by atoms with Gasteiger partial charge in [-0.1, -0.05) is 0 Å². The van der Waals surface area contributed by atoms with Gasteiger partial charge in [0.25, 0.3) is 0 Å². The molecule has 0 saturated carbocycles. The summed E-state index contributed by atoms with van der Waals surface area (Å²) < 4.78 is 21.6. The van der Waals surface area contributed by atoms with Crippen molar-refractivity contribution in [2.24, 2.45) is 0 Å². The first kappa shape index (κ1) is 22.7. The molecule has 11 heteroatoms. The van der Waals surface area contributed by atoms with Crippen molar-refractivity contribution in [2.45, 2.75) is 38.8 Å². The summed E-state index contributed by atoms with van der Waals surface area (Å²) in [7, 11) is 1.83. The highest BCUT2D eigenvalue weighted by atomic mass is 19.1. The fourth-order valence-corrected chi connectivity index (χ4v) is 4.11. The van der Waals surface area contributed by atoms with E-state index in [1.54, 1.807) is 0 Å². The summed E-state index contributed by atoms with van der Waals surface area (Å²) in [4.78, 5) is 22.5. The van der Waals surface area contributed by atoms with E-state index >= 15 is 0 Å². The zero-order valence-corrected chi connectivity index (χ0v) is 19.0. The SMILES string of the molecule is CNCC(C)Oc1ncc(F)cc1C(C)Nc1nc2c(C=O)cnn2c(N)c1N1CCCC1. The lowest BCUT2D eigenvalue weighted by molar-refractivity contribution is 0.112. The Morgan fingerprint density at radius 3 is 2.76 bits per heavy atom.